The summed E-state index contributed by atoms with van der Waals surface area (Å²) in [6.07, 6.45) is 0. The van der Waals surface area contributed by atoms with E-state index in [4.69, 9.17) is 0 Å². The summed E-state index contributed by atoms with van der Waals surface area (Å²) in [5, 5.41) is 0. The standard InChI is InChI=1S/C2H6O2S2.Na.H/c1-2-4-6(3)5;;/h6H,2H2,1H3;;. The Morgan fingerprint density at radius 3 is 2.29 bits per heavy atom. The van der Waals surface area contributed by atoms with Crippen molar-refractivity contribution < 1.29 is 8.39 Å². The Bertz CT molecular complexity index is 81.7. The van der Waals surface area contributed by atoms with Crippen molar-refractivity contribution in [3.8, 4) is 0 Å². The second kappa shape index (κ2) is 7.33. The number of rotatable bonds is 2. The number of hydrogen-bond donors (Lipinski definition) is 1. The van der Waals surface area contributed by atoms with Crippen molar-refractivity contribution in [2.75, 3.05) is 6.61 Å². The average molecular weight is 150 g/mol. The molecule has 0 bridgehead atoms. The zero-order chi connectivity index (χ0) is 4.99. The van der Waals surface area contributed by atoms with Crippen LogP contribution in [0.3, 0.4) is 0 Å². The molecule has 0 aliphatic rings. The summed E-state index contributed by atoms with van der Waals surface area (Å²) in [5.41, 5.74) is 0. The topological polar surface area (TPSA) is 26.3 Å². The van der Waals surface area contributed by atoms with E-state index in [1.807, 2.05) is 0 Å². The molecule has 1 atom stereocenters. The van der Waals surface area contributed by atoms with Crippen LogP contribution in [-0.4, -0.2) is 40.4 Å². The molecule has 0 aromatic carbocycles. The van der Waals surface area contributed by atoms with Crippen molar-refractivity contribution in [1.82, 2.24) is 0 Å². The Labute approximate surface area is 71.8 Å². The molecule has 0 heterocycles. The fraction of sp³-hybridized carbons (Fsp3) is 1.00. The Balaban J connectivity index is 0. The maximum atomic E-state index is 9.78. The molecule has 2 nitrogen and oxygen atoms in total. The van der Waals surface area contributed by atoms with Gasteiger partial charge < -0.3 is 0 Å². The molecule has 0 spiro atoms. The van der Waals surface area contributed by atoms with Gasteiger partial charge in [-0.1, -0.05) is 0 Å². The first-order chi connectivity index (χ1) is 2.77. The van der Waals surface area contributed by atoms with Crippen LogP contribution in [0.15, 0.2) is 0 Å². The van der Waals surface area contributed by atoms with Crippen LogP contribution < -0.4 is 0 Å². The van der Waals surface area contributed by atoms with Gasteiger partial charge in [-0.15, -0.1) is 0 Å². The van der Waals surface area contributed by atoms with Crippen LogP contribution in [0.5, 0.6) is 0 Å². The zero-order valence-corrected chi connectivity index (χ0v) is 5.09. The van der Waals surface area contributed by atoms with Crippen LogP contribution in [0.25, 0.3) is 0 Å². The predicted octanol–water partition coefficient (Wildman–Crippen LogP) is -0.768. The van der Waals surface area contributed by atoms with Gasteiger partial charge in [-0.05, 0) is 6.92 Å². The van der Waals surface area contributed by atoms with Crippen LogP contribution in [0.2, 0.25) is 0 Å². The minimum absolute atomic E-state index is 0. The Hall–Kier alpha value is 1.33. The van der Waals surface area contributed by atoms with Gasteiger partial charge in [0.2, 0.25) is 0 Å². The van der Waals surface area contributed by atoms with E-state index in [9.17, 15) is 4.21 Å². The van der Waals surface area contributed by atoms with E-state index >= 15 is 0 Å². The quantitative estimate of drug-likeness (QED) is 0.413. The number of thiol groups is 1. The van der Waals surface area contributed by atoms with Crippen LogP contribution >= 0.6 is 0 Å². The molecule has 0 N–H and O–H groups in total. The van der Waals surface area contributed by atoms with Crippen LogP contribution in [0.4, 0.5) is 0 Å². The average Bonchev–Trinajstić information content (AvgIpc) is 1.35. The molecular formula is C2H7NaO2S2. The van der Waals surface area contributed by atoms with Gasteiger partial charge in [-0.25, -0.2) is 4.21 Å². The Morgan fingerprint density at radius 1 is 1.86 bits per heavy atom. The van der Waals surface area contributed by atoms with Gasteiger partial charge in [0.1, 0.15) is 9.64 Å². The molecule has 0 saturated carbocycles. The van der Waals surface area contributed by atoms with E-state index in [2.05, 4.69) is 15.4 Å². The van der Waals surface area contributed by atoms with E-state index in [1.165, 1.54) is 0 Å². The van der Waals surface area contributed by atoms with Gasteiger partial charge in [0.05, 0.1) is 6.61 Å². The van der Waals surface area contributed by atoms with Crippen molar-refractivity contribution in [1.29, 1.82) is 0 Å². The van der Waals surface area contributed by atoms with Gasteiger partial charge in [0, 0.05) is 11.2 Å². The SMILES string of the molecule is CCO[SH](=O)=S.[NaH]. The summed E-state index contributed by atoms with van der Waals surface area (Å²) in [6, 6.07) is 0. The van der Waals surface area contributed by atoms with E-state index in [0.717, 1.165) is 0 Å². The summed E-state index contributed by atoms with van der Waals surface area (Å²) < 4.78 is 14.2. The molecule has 0 saturated heterocycles. The van der Waals surface area contributed by atoms with Crippen LogP contribution in [0.1, 0.15) is 6.92 Å². The Kier molecular flexibility index (Phi) is 11.7. The van der Waals surface area contributed by atoms with Crippen LogP contribution in [-0.2, 0) is 25.0 Å². The summed E-state index contributed by atoms with van der Waals surface area (Å²) in [7, 11) is -1.77. The molecule has 5 heteroatoms. The van der Waals surface area contributed by atoms with Gasteiger partial charge in [-0.2, -0.15) is 0 Å². The van der Waals surface area contributed by atoms with Crippen molar-refractivity contribution in [3.63, 3.8) is 0 Å². The number of hydrogen-bond acceptors (Lipinski definition) is 3. The molecule has 0 radical (unpaired) electrons. The summed E-state index contributed by atoms with van der Waals surface area (Å²) in [6.45, 7) is 2.19. The predicted molar refractivity (Wildman–Crippen MR) is 35.7 cm³/mol. The van der Waals surface area contributed by atoms with E-state index in [0.29, 0.717) is 6.61 Å². The van der Waals surface area contributed by atoms with Crippen molar-refractivity contribution >= 4 is 50.4 Å². The van der Waals surface area contributed by atoms with Crippen molar-refractivity contribution in [2.45, 2.75) is 6.92 Å². The second-order valence-electron chi connectivity index (χ2n) is 0.641. The monoisotopic (exact) mass is 150 g/mol. The normalized spacial score (nSPS) is 12.1. The summed E-state index contributed by atoms with van der Waals surface area (Å²) in [4.78, 5) is 0. The first-order valence-corrected chi connectivity index (χ1v) is 3.73. The molecule has 0 rings (SSSR count). The zero-order valence-electron chi connectivity index (χ0n) is 3.38. The van der Waals surface area contributed by atoms with E-state index < -0.39 is 9.64 Å². The molecule has 0 fully saturated rings. The maximum absolute atomic E-state index is 9.78. The van der Waals surface area contributed by atoms with Gasteiger partial charge >= 0.3 is 29.6 Å². The van der Waals surface area contributed by atoms with Gasteiger partial charge in [0.15, 0.2) is 0 Å². The molecular weight excluding hydrogens is 143 g/mol. The third-order valence-electron chi connectivity index (χ3n) is 0.235. The van der Waals surface area contributed by atoms with E-state index in [1.54, 1.807) is 6.92 Å². The summed E-state index contributed by atoms with van der Waals surface area (Å²) >= 11 is 4.17. The molecule has 0 aliphatic carbocycles. The van der Waals surface area contributed by atoms with Crippen molar-refractivity contribution in [2.24, 2.45) is 0 Å². The van der Waals surface area contributed by atoms with Crippen LogP contribution in [0, 0.1) is 0 Å². The molecule has 0 aromatic heterocycles. The molecule has 1 unspecified atom stereocenters. The fourth-order valence-electron chi connectivity index (χ4n) is 0.105. The molecule has 7 heavy (non-hydrogen) atoms. The molecule has 0 aromatic rings. The molecule has 0 amide bonds. The molecule has 0 aliphatic heterocycles. The first-order valence-electron chi connectivity index (χ1n) is 1.54. The minimum atomic E-state index is -1.77. The van der Waals surface area contributed by atoms with E-state index in [-0.39, 0.29) is 29.6 Å². The second-order valence-corrected chi connectivity index (χ2v) is 2.24. The van der Waals surface area contributed by atoms with Gasteiger partial charge in [-0.3, -0.25) is 4.18 Å². The van der Waals surface area contributed by atoms with Crippen molar-refractivity contribution in [3.05, 3.63) is 0 Å². The third kappa shape index (κ3) is 11.1. The first kappa shape index (κ1) is 11.2. The third-order valence-corrected chi connectivity index (χ3v) is 1.02. The van der Waals surface area contributed by atoms with Gasteiger partial charge in [0.25, 0.3) is 0 Å². The fourth-order valence-corrected chi connectivity index (χ4v) is 0.632. The Morgan fingerprint density at radius 2 is 2.29 bits per heavy atom. The summed E-state index contributed by atoms with van der Waals surface area (Å²) in [5.74, 6) is 0. The molecule has 40 valence electrons.